The Balaban J connectivity index is 1.92. The lowest BCUT2D eigenvalue weighted by atomic mass is 10.1. The predicted molar refractivity (Wildman–Crippen MR) is 109 cm³/mol. The highest BCUT2D eigenvalue weighted by Crippen LogP contribution is 2.38. The Morgan fingerprint density at radius 1 is 1.28 bits per heavy atom. The number of ether oxygens (including phenoxy) is 2. The Morgan fingerprint density at radius 2 is 2.07 bits per heavy atom. The molecule has 1 aromatic carbocycles. The Hall–Kier alpha value is -2.85. The second-order valence-electron chi connectivity index (χ2n) is 6.52. The Labute approximate surface area is 176 Å². The summed E-state index contributed by atoms with van der Waals surface area (Å²) in [4.78, 5) is 19.6. The van der Waals surface area contributed by atoms with E-state index in [1.54, 1.807) is 23.3 Å². The van der Waals surface area contributed by atoms with Crippen molar-refractivity contribution < 1.29 is 14.4 Å². The Bertz CT molecular complexity index is 1020. The summed E-state index contributed by atoms with van der Waals surface area (Å²) < 4.78 is 13.6. The van der Waals surface area contributed by atoms with Crippen molar-refractivity contribution in [1.29, 1.82) is 0 Å². The van der Waals surface area contributed by atoms with Crippen LogP contribution in [0.4, 0.5) is 5.69 Å². The third-order valence-corrected chi connectivity index (χ3v) is 4.87. The smallest absolute Gasteiger partial charge is 0.312 e. The lowest BCUT2D eigenvalue weighted by molar-refractivity contribution is -0.385. The number of rotatable bonds is 8. The minimum absolute atomic E-state index is 0.112. The van der Waals surface area contributed by atoms with Gasteiger partial charge in [0.25, 0.3) is 0 Å². The van der Waals surface area contributed by atoms with E-state index in [1.165, 1.54) is 13.2 Å². The van der Waals surface area contributed by atoms with Gasteiger partial charge in [-0.15, -0.1) is 0 Å². The molecule has 0 radical (unpaired) electrons. The molecule has 2 heterocycles. The second-order valence-corrected chi connectivity index (χ2v) is 7.37. The SMILES string of the molecule is COc1c(-c2ncn(C(C)C)n2)cc(COCc2ncccc2Br)cc1[N+](=O)[O-]. The van der Waals surface area contributed by atoms with E-state index in [1.807, 2.05) is 26.0 Å². The van der Waals surface area contributed by atoms with E-state index in [9.17, 15) is 10.1 Å². The average molecular weight is 462 g/mol. The number of nitrogens with zero attached hydrogens (tertiary/aromatic N) is 5. The molecule has 0 aliphatic heterocycles. The number of aromatic nitrogens is 4. The number of halogens is 1. The molecule has 9 nitrogen and oxygen atoms in total. The van der Waals surface area contributed by atoms with Gasteiger partial charge < -0.3 is 9.47 Å². The summed E-state index contributed by atoms with van der Waals surface area (Å²) >= 11 is 3.42. The van der Waals surface area contributed by atoms with Gasteiger partial charge in [0.2, 0.25) is 5.75 Å². The van der Waals surface area contributed by atoms with Gasteiger partial charge in [0.15, 0.2) is 5.82 Å². The first-order valence-corrected chi connectivity index (χ1v) is 9.64. The van der Waals surface area contributed by atoms with Crippen molar-refractivity contribution in [1.82, 2.24) is 19.7 Å². The van der Waals surface area contributed by atoms with E-state index in [2.05, 4.69) is 31.0 Å². The van der Waals surface area contributed by atoms with Crippen LogP contribution >= 0.6 is 15.9 Å². The van der Waals surface area contributed by atoms with Crippen molar-refractivity contribution in [3.05, 3.63) is 62.6 Å². The predicted octanol–water partition coefficient (Wildman–Crippen LogP) is 4.32. The molecule has 2 aromatic heterocycles. The summed E-state index contributed by atoms with van der Waals surface area (Å²) in [6.45, 7) is 4.36. The van der Waals surface area contributed by atoms with E-state index in [0.717, 1.165) is 10.2 Å². The van der Waals surface area contributed by atoms with Crippen LogP contribution in [0.25, 0.3) is 11.4 Å². The lowest BCUT2D eigenvalue weighted by Crippen LogP contribution is -2.03. The molecule has 0 aliphatic carbocycles. The first kappa shape index (κ1) is 20.9. The number of methoxy groups -OCH3 is 1. The molecule has 3 rings (SSSR count). The third kappa shape index (κ3) is 4.77. The Morgan fingerprint density at radius 3 is 2.69 bits per heavy atom. The van der Waals surface area contributed by atoms with E-state index in [-0.39, 0.29) is 30.7 Å². The number of hydrogen-bond acceptors (Lipinski definition) is 7. The van der Waals surface area contributed by atoms with Crippen molar-refractivity contribution in [2.45, 2.75) is 33.1 Å². The zero-order valence-electron chi connectivity index (χ0n) is 16.2. The topological polar surface area (TPSA) is 105 Å². The fourth-order valence-electron chi connectivity index (χ4n) is 2.71. The van der Waals surface area contributed by atoms with Crippen LogP contribution in [0.2, 0.25) is 0 Å². The van der Waals surface area contributed by atoms with E-state index < -0.39 is 4.92 Å². The van der Waals surface area contributed by atoms with Crippen molar-refractivity contribution in [2.75, 3.05) is 7.11 Å². The minimum Gasteiger partial charge on any atom is -0.490 e. The normalized spacial score (nSPS) is 11.1. The lowest BCUT2D eigenvalue weighted by Gasteiger charge is -2.11. The highest BCUT2D eigenvalue weighted by molar-refractivity contribution is 9.10. The molecule has 0 spiro atoms. The van der Waals surface area contributed by atoms with Crippen LogP contribution in [-0.4, -0.2) is 31.8 Å². The molecule has 0 unspecified atom stereocenters. The molecule has 0 saturated heterocycles. The average Bonchev–Trinajstić information content (AvgIpc) is 3.19. The molecule has 0 fully saturated rings. The maximum absolute atomic E-state index is 11.6. The molecule has 29 heavy (non-hydrogen) atoms. The summed E-state index contributed by atoms with van der Waals surface area (Å²) in [6.07, 6.45) is 3.27. The summed E-state index contributed by atoms with van der Waals surface area (Å²) in [5.74, 6) is 0.473. The second kappa shape index (κ2) is 9.10. The highest BCUT2D eigenvalue weighted by Gasteiger charge is 2.24. The van der Waals surface area contributed by atoms with Crippen LogP contribution in [0.15, 0.2) is 41.3 Å². The molecule has 0 saturated carbocycles. The molecular weight excluding hydrogens is 442 g/mol. The molecule has 3 aromatic rings. The highest BCUT2D eigenvalue weighted by atomic mass is 79.9. The van der Waals surface area contributed by atoms with Gasteiger partial charge in [0.1, 0.15) is 6.33 Å². The minimum atomic E-state index is -0.486. The molecule has 0 N–H and O–H groups in total. The fourth-order valence-corrected chi connectivity index (χ4v) is 3.08. The molecule has 0 bridgehead atoms. The monoisotopic (exact) mass is 461 g/mol. The maximum atomic E-state index is 11.6. The maximum Gasteiger partial charge on any atom is 0.312 e. The van der Waals surface area contributed by atoms with E-state index >= 15 is 0 Å². The van der Waals surface area contributed by atoms with Gasteiger partial charge in [0, 0.05) is 22.8 Å². The van der Waals surface area contributed by atoms with Gasteiger partial charge in [-0.1, -0.05) is 0 Å². The largest absolute Gasteiger partial charge is 0.490 e. The first-order chi connectivity index (χ1) is 13.9. The molecular formula is C19H20BrN5O4. The van der Waals surface area contributed by atoms with Crippen LogP contribution in [0.5, 0.6) is 5.75 Å². The van der Waals surface area contributed by atoms with Crippen molar-refractivity contribution >= 4 is 21.6 Å². The number of benzene rings is 1. The zero-order valence-corrected chi connectivity index (χ0v) is 17.8. The van der Waals surface area contributed by atoms with Gasteiger partial charge in [-0.05, 0) is 53.5 Å². The van der Waals surface area contributed by atoms with Crippen molar-refractivity contribution in [2.24, 2.45) is 0 Å². The van der Waals surface area contributed by atoms with Gasteiger partial charge in [0.05, 0.1) is 36.5 Å². The van der Waals surface area contributed by atoms with Gasteiger partial charge in [-0.3, -0.25) is 15.1 Å². The van der Waals surface area contributed by atoms with Crippen LogP contribution in [0, 0.1) is 10.1 Å². The standard InChI is InChI=1S/C19H20BrN5O4/c1-12(2)24-11-22-19(23-24)14-7-13(8-17(25(26)27)18(14)28-3)9-29-10-16-15(20)5-4-6-21-16/h4-8,11-12H,9-10H2,1-3H3. The van der Waals surface area contributed by atoms with Crippen LogP contribution in [0.1, 0.15) is 31.1 Å². The summed E-state index contributed by atoms with van der Waals surface area (Å²) in [5, 5.41) is 16.0. The van der Waals surface area contributed by atoms with Crippen molar-refractivity contribution in [3.8, 4) is 17.1 Å². The summed E-state index contributed by atoms with van der Waals surface area (Å²) in [7, 11) is 1.39. The van der Waals surface area contributed by atoms with E-state index in [0.29, 0.717) is 17.0 Å². The number of hydrogen-bond donors (Lipinski definition) is 0. The van der Waals surface area contributed by atoms with Gasteiger partial charge in [-0.2, -0.15) is 5.10 Å². The number of pyridine rings is 1. The van der Waals surface area contributed by atoms with Crippen molar-refractivity contribution in [3.63, 3.8) is 0 Å². The van der Waals surface area contributed by atoms with Crippen LogP contribution in [-0.2, 0) is 18.0 Å². The van der Waals surface area contributed by atoms with Crippen LogP contribution < -0.4 is 4.74 Å². The summed E-state index contributed by atoms with van der Waals surface area (Å²) in [6, 6.07) is 6.99. The molecule has 0 atom stereocenters. The molecule has 0 amide bonds. The quantitative estimate of drug-likeness (QED) is 0.363. The summed E-state index contributed by atoms with van der Waals surface area (Å²) in [5.41, 5.74) is 1.63. The Kier molecular flexibility index (Phi) is 6.55. The molecule has 10 heteroatoms. The number of nitro groups is 1. The fraction of sp³-hybridized carbons (Fsp3) is 0.316. The first-order valence-electron chi connectivity index (χ1n) is 8.84. The van der Waals surface area contributed by atoms with Gasteiger partial charge >= 0.3 is 5.69 Å². The zero-order chi connectivity index (χ0) is 21.0. The molecule has 0 aliphatic rings. The van der Waals surface area contributed by atoms with E-state index in [4.69, 9.17) is 9.47 Å². The van der Waals surface area contributed by atoms with Crippen LogP contribution in [0.3, 0.4) is 0 Å². The number of nitro benzene ring substituents is 1. The van der Waals surface area contributed by atoms with Gasteiger partial charge in [-0.25, -0.2) is 9.67 Å². The third-order valence-electron chi connectivity index (χ3n) is 4.15. The molecule has 152 valence electrons.